The highest BCUT2D eigenvalue weighted by Crippen LogP contribution is 2.30. The summed E-state index contributed by atoms with van der Waals surface area (Å²) in [7, 11) is 0. The molecule has 4 heteroatoms. The van der Waals surface area contributed by atoms with Gasteiger partial charge in [-0.3, -0.25) is 4.79 Å². The number of unbranched alkanes of at least 4 members (excludes halogenated alkanes) is 1. The van der Waals surface area contributed by atoms with Crippen LogP contribution in [-0.4, -0.2) is 29.7 Å². The first-order valence-corrected chi connectivity index (χ1v) is 6.26. The van der Waals surface area contributed by atoms with Crippen molar-refractivity contribution in [1.82, 2.24) is 5.32 Å². The molecule has 0 bridgehead atoms. The molecule has 0 aromatic carbocycles. The Morgan fingerprint density at radius 1 is 1.56 bits per heavy atom. The zero-order valence-corrected chi connectivity index (χ0v) is 10.2. The molecule has 0 radical (unpaired) electrons. The van der Waals surface area contributed by atoms with E-state index in [0.717, 1.165) is 32.1 Å². The van der Waals surface area contributed by atoms with Crippen molar-refractivity contribution in [1.29, 1.82) is 0 Å². The molecule has 4 N–H and O–H groups in total. The number of carbonyl (C=O) groups excluding carboxylic acids is 1. The topological polar surface area (TPSA) is 75.4 Å². The van der Waals surface area contributed by atoms with Gasteiger partial charge in [0.1, 0.15) is 0 Å². The quantitative estimate of drug-likeness (QED) is 0.609. The summed E-state index contributed by atoms with van der Waals surface area (Å²) in [5, 5.41) is 11.5. The molecule has 0 aromatic rings. The lowest BCUT2D eigenvalue weighted by atomic mass is 9.76. The van der Waals surface area contributed by atoms with Crippen LogP contribution in [0.1, 0.15) is 45.4 Å². The van der Waals surface area contributed by atoms with Crippen molar-refractivity contribution in [2.75, 3.05) is 13.2 Å². The summed E-state index contributed by atoms with van der Waals surface area (Å²) in [5.74, 6) is 0.527. The van der Waals surface area contributed by atoms with Crippen molar-refractivity contribution in [2.45, 2.75) is 51.0 Å². The van der Waals surface area contributed by atoms with E-state index < -0.39 is 5.54 Å². The molecule has 2 atom stereocenters. The van der Waals surface area contributed by atoms with E-state index in [1.165, 1.54) is 6.42 Å². The Morgan fingerprint density at radius 3 is 2.94 bits per heavy atom. The molecule has 16 heavy (non-hydrogen) atoms. The van der Waals surface area contributed by atoms with Crippen molar-refractivity contribution in [2.24, 2.45) is 11.7 Å². The molecule has 1 saturated carbocycles. The summed E-state index contributed by atoms with van der Waals surface area (Å²) in [5.41, 5.74) is 5.49. The van der Waals surface area contributed by atoms with Gasteiger partial charge in [-0.25, -0.2) is 0 Å². The van der Waals surface area contributed by atoms with Crippen molar-refractivity contribution in [3.8, 4) is 0 Å². The number of hydrogen-bond donors (Lipinski definition) is 3. The van der Waals surface area contributed by atoms with E-state index in [1.54, 1.807) is 0 Å². The van der Waals surface area contributed by atoms with Crippen LogP contribution >= 0.6 is 0 Å². The van der Waals surface area contributed by atoms with Crippen LogP contribution in [0, 0.1) is 5.92 Å². The Bertz CT molecular complexity index is 233. The van der Waals surface area contributed by atoms with Crippen molar-refractivity contribution < 1.29 is 9.90 Å². The molecule has 1 aliphatic rings. The van der Waals surface area contributed by atoms with Crippen LogP contribution in [0.3, 0.4) is 0 Å². The zero-order valence-electron chi connectivity index (χ0n) is 10.2. The lowest BCUT2D eigenvalue weighted by molar-refractivity contribution is -0.128. The largest absolute Gasteiger partial charge is 0.396 e. The Hall–Kier alpha value is -0.610. The fraction of sp³-hybridized carbons (Fsp3) is 0.917. The van der Waals surface area contributed by atoms with Gasteiger partial charge in [-0.15, -0.1) is 0 Å². The third-order valence-corrected chi connectivity index (χ3v) is 3.36. The third kappa shape index (κ3) is 3.76. The lowest BCUT2D eigenvalue weighted by Crippen LogP contribution is -2.56. The van der Waals surface area contributed by atoms with Crippen molar-refractivity contribution in [3.05, 3.63) is 0 Å². The number of carbonyl (C=O) groups is 1. The van der Waals surface area contributed by atoms with E-state index in [-0.39, 0.29) is 12.5 Å². The van der Waals surface area contributed by atoms with Gasteiger partial charge >= 0.3 is 0 Å². The maximum absolute atomic E-state index is 11.9. The van der Waals surface area contributed by atoms with Gasteiger partial charge in [0, 0.05) is 13.2 Å². The number of rotatable bonds is 5. The predicted molar refractivity (Wildman–Crippen MR) is 63.9 cm³/mol. The average molecular weight is 228 g/mol. The van der Waals surface area contributed by atoms with Gasteiger partial charge in [0.05, 0.1) is 5.54 Å². The second kappa shape index (κ2) is 6.21. The predicted octanol–water partition coefficient (Wildman–Crippen LogP) is 0.783. The summed E-state index contributed by atoms with van der Waals surface area (Å²) in [6.07, 6.45) is 5.35. The first-order chi connectivity index (χ1) is 7.58. The normalized spacial score (nSPS) is 30.1. The molecule has 0 aliphatic heterocycles. The first-order valence-electron chi connectivity index (χ1n) is 6.26. The molecule has 4 nitrogen and oxygen atoms in total. The van der Waals surface area contributed by atoms with Crippen LogP contribution in [0.15, 0.2) is 0 Å². The van der Waals surface area contributed by atoms with Crippen molar-refractivity contribution in [3.63, 3.8) is 0 Å². The van der Waals surface area contributed by atoms with E-state index in [9.17, 15) is 4.79 Å². The van der Waals surface area contributed by atoms with Gasteiger partial charge < -0.3 is 16.2 Å². The van der Waals surface area contributed by atoms with E-state index in [1.807, 2.05) is 0 Å². The number of hydrogen-bond acceptors (Lipinski definition) is 3. The number of nitrogens with two attached hydrogens (primary N) is 1. The Morgan fingerprint density at radius 2 is 2.31 bits per heavy atom. The molecular weight excluding hydrogens is 204 g/mol. The summed E-state index contributed by atoms with van der Waals surface area (Å²) >= 11 is 0. The number of aliphatic hydroxyl groups excluding tert-OH is 1. The van der Waals surface area contributed by atoms with Gasteiger partial charge in [0.15, 0.2) is 0 Å². The Labute approximate surface area is 97.6 Å². The van der Waals surface area contributed by atoms with Gasteiger partial charge in [-0.2, -0.15) is 0 Å². The lowest BCUT2D eigenvalue weighted by Gasteiger charge is -2.35. The maximum atomic E-state index is 11.9. The number of aliphatic hydroxyl groups is 1. The molecule has 1 fully saturated rings. The minimum Gasteiger partial charge on any atom is -0.396 e. The van der Waals surface area contributed by atoms with Crippen LogP contribution in [-0.2, 0) is 4.79 Å². The monoisotopic (exact) mass is 228 g/mol. The summed E-state index contributed by atoms with van der Waals surface area (Å²) < 4.78 is 0. The third-order valence-electron chi connectivity index (χ3n) is 3.36. The summed E-state index contributed by atoms with van der Waals surface area (Å²) in [6, 6.07) is 0. The summed E-state index contributed by atoms with van der Waals surface area (Å²) in [4.78, 5) is 11.9. The van der Waals surface area contributed by atoms with Crippen LogP contribution in [0.5, 0.6) is 0 Å². The van der Waals surface area contributed by atoms with Crippen LogP contribution in [0.2, 0.25) is 0 Å². The van der Waals surface area contributed by atoms with Crippen LogP contribution < -0.4 is 11.1 Å². The highest BCUT2D eigenvalue weighted by atomic mass is 16.2. The standard InChI is InChI=1S/C12H24N2O2/c1-10-5-4-6-12(13,9-10)11(16)14-7-2-3-8-15/h10,15H,2-9,13H2,1H3,(H,14,16). The Balaban J connectivity index is 2.33. The molecule has 1 aliphatic carbocycles. The smallest absolute Gasteiger partial charge is 0.240 e. The molecule has 0 heterocycles. The molecule has 1 amide bonds. The summed E-state index contributed by atoms with van der Waals surface area (Å²) in [6.45, 7) is 2.95. The Kier molecular flexibility index (Phi) is 5.22. The molecule has 0 spiro atoms. The second-order valence-corrected chi connectivity index (χ2v) is 5.04. The minimum atomic E-state index is -0.656. The fourth-order valence-corrected chi connectivity index (χ4v) is 2.41. The maximum Gasteiger partial charge on any atom is 0.240 e. The molecule has 94 valence electrons. The van der Waals surface area contributed by atoms with E-state index >= 15 is 0 Å². The molecule has 0 aromatic heterocycles. The van der Waals surface area contributed by atoms with Gasteiger partial charge in [-0.1, -0.05) is 19.8 Å². The van der Waals surface area contributed by atoms with Crippen LogP contribution in [0.25, 0.3) is 0 Å². The molecule has 2 unspecified atom stereocenters. The fourth-order valence-electron chi connectivity index (χ4n) is 2.41. The SMILES string of the molecule is CC1CCCC(N)(C(=O)NCCCCO)C1. The average Bonchev–Trinajstić information content (AvgIpc) is 2.23. The van der Waals surface area contributed by atoms with Crippen molar-refractivity contribution >= 4 is 5.91 Å². The molecule has 1 rings (SSSR count). The second-order valence-electron chi connectivity index (χ2n) is 5.04. The molecule has 0 saturated heterocycles. The van der Waals surface area contributed by atoms with Crippen LogP contribution in [0.4, 0.5) is 0 Å². The van der Waals surface area contributed by atoms with Gasteiger partial charge in [0.2, 0.25) is 5.91 Å². The first kappa shape index (κ1) is 13.5. The zero-order chi connectivity index (χ0) is 12.0. The number of amides is 1. The molecular formula is C12H24N2O2. The highest BCUT2D eigenvalue weighted by Gasteiger charge is 2.37. The highest BCUT2D eigenvalue weighted by molar-refractivity contribution is 5.86. The van der Waals surface area contributed by atoms with E-state index in [0.29, 0.717) is 12.5 Å². The van der Waals surface area contributed by atoms with Gasteiger partial charge in [0.25, 0.3) is 0 Å². The number of nitrogens with one attached hydrogen (secondary N) is 1. The van der Waals surface area contributed by atoms with E-state index in [4.69, 9.17) is 10.8 Å². The van der Waals surface area contributed by atoms with E-state index in [2.05, 4.69) is 12.2 Å². The van der Waals surface area contributed by atoms with Gasteiger partial charge in [-0.05, 0) is 31.6 Å². The minimum absolute atomic E-state index is 0.0167.